The number of aromatic hydroxyl groups is 1. The van der Waals surface area contributed by atoms with Gasteiger partial charge in [0.25, 0.3) is 0 Å². The second kappa shape index (κ2) is 3.31. The van der Waals surface area contributed by atoms with Gasteiger partial charge in [0, 0.05) is 5.39 Å². The van der Waals surface area contributed by atoms with E-state index in [1.807, 2.05) is 19.1 Å². The number of benzene rings is 1. The van der Waals surface area contributed by atoms with Crippen LogP contribution in [0.3, 0.4) is 0 Å². The van der Waals surface area contributed by atoms with Gasteiger partial charge in [0.1, 0.15) is 17.1 Å². The van der Waals surface area contributed by atoms with E-state index in [0.29, 0.717) is 16.9 Å². The molecule has 0 saturated carbocycles. The van der Waals surface area contributed by atoms with Crippen LogP contribution >= 0.6 is 0 Å². The molecule has 3 aromatic rings. The molecule has 0 bridgehead atoms. The molecule has 0 atom stereocenters. The summed E-state index contributed by atoms with van der Waals surface area (Å²) in [6, 6.07) is 7.21. The number of aromatic nitrogens is 2. The molecule has 17 heavy (non-hydrogen) atoms. The van der Waals surface area contributed by atoms with Crippen molar-refractivity contribution in [3.8, 4) is 5.75 Å². The lowest BCUT2D eigenvalue weighted by Gasteiger charge is -2.08. The fraction of sp³-hybridized carbons (Fsp3) is 0.0769. The molecule has 2 aromatic heterocycles. The number of pyridine rings is 1. The Balaban J connectivity index is 2.68. The Labute approximate surface area is 97.1 Å². The molecular formula is C13H10N2O2. The minimum absolute atomic E-state index is 0.150. The van der Waals surface area contributed by atoms with Crippen molar-refractivity contribution in [2.75, 3.05) is 0 Å². The molecule has 0 fully saturated rings. The van der Waals surface area contributed by atoms with E-state index in [1.165, 1.54) is 6.20 Å². The Morgan fingerprint density at radius 3 is 3.00 bits per heavy atom. The minimum atomic E-state index is 0.150. The van der Waals surface area contributed by atoms with Crippen LogP contribution in [0, 0.1) is 6.92 Å². The van der Waals surface area contributed by atoms with Crippen LogP contribution in [-0.2, 0) is 0 Å². The first-order valence-corrected chi connectivity index (χ1v) is 5.26. The average molecular weight is 226 g/mol. The Morgan fingerprint density at radius 1 is 1.41 bits per heavy atom. The highest BCUT2D eigenvalue weighted by molar-refractivity contribution is 5.92. The van der Waals surface area contributed by atoms with Gasteiger partial charge in [0.05, 0.1) is 11.7 Å². The van der Waals surface area contributed by atoms with Gasteiger partial charge in [-0.25, -0.2) is 4.98 Å². The maximum absolute atomic E-state index is 11.0. The third-order valence-corrected chi connectivity index (χ3v) is 2.95. The molecule has 1 N–H and O–H groups in total. The number of carbonyl (C=O) groups is 1. The highest BCUT2D eigenvalue weighted by atomic mass is 16.3. The smallest absolute Gasteiger partial charge is 0.168 e. The minimum Gasteiger partial charge on any atom is -0.506 e. The number of nitrogens with zero attached hydrogens (tertiary/aromatic N) is 2. The second-order valence-corrected chi connectivity index (χ2v) is 4.00. The van der Waals surface area contributed by atoms with E-state index in [2.05, 4.69) is 4.98 Å². The summed E-state index contributed by atoms with van der Waals surface area (Å²) in [4.78, 5) is 15.1. The summed E-state index contributed by atoms with van der Waals surface area (Å²) >= 11 is 0. The fourth-order valence-electron chi connectivity index (χ4n) is 2.16. The van der Waals surface area contributed by atoms with Gasteiger partial charge < -0.3 is 5.11 Å². The molecule has 2 heterocycles. The van der Waals surface area contributed by atoms with Crippen LogP contribution in [-0.4, -0.2) is 20.8 Å². The van der Waals surface area contributed by atoms with E-state index < -0.39 is 0 Å². The zero-order valence-electron chi connectivity index (χ0n) is 9.21. The number of phenols is 1. The van der Waals surface area contributed by atoms with Crippen LogP contribution in [0.5, 0.6) is 5.75 Å². The van der Waals surface area contributed by atoms with E-state index >= 15 is 0 Å². The summed E-state index contributed by atoms with van der Waals surface area (Å²) in [5, 5.41) is 10.9. The number of aldehydes is 1. The standard InChI is InChI=1S/C13H10N2O2/c1-8-5-12-14-6-9(7-16)15(12)13-10(8)3-2-4-11(13)17/h2-7,17H,1H3. The molecule has 0 spiro atoms. The third kappa shape index (κ3) is 1.24. The van der Waals surface area contributed by atoms with E-state index in [-0.39, 0.29) is 5.75 Å². The molecule has 3 rings (SSSR count). The monoisotopic (exact) mass is 226 g/mol. The molecule has 4 nitrogen and oxygen atoms in total. The molecule has 0 amide bonds. The Kier molecular flexibility index (Phi) is 1.92. The van der Waals surface area contributed by atoms with Crippen LogP contribution in [0.4, 0.5) is 0 Å². The van der Waals surface area contributed by atoms with E-state index in [9.17, 15) is 9.90 Å². The molecule has 0 unspecified atom stereocenters. The first-order chi connectivity index (χ1) is 8.22. The van der Waals surface area contributed by atoms with Gasteiger partial charge in [0.15, 0.2) is 6.29 Å². The number of phenolic OH excluding ortho intramolecular Hbond substituents is 1. The largest absolute Gasteiger partial charge is 0.506 e. The first kappa shape index (κ1) is 9.84. The number of rotatable bonds is 1. The average Bonchev–Trinajstić information content (AvgIpc) is 2.72. The summed E-state index contributed by atoms with van der Waals surface area (Å²) < 4.78 is 1.67. The third-order valence-electron chi connectivity index (χ3n) is 2.95. The predicted octanol–water partition coefficient (Wildman–Crippen LogP) is 2.31. The lowest BCUT2D eigenvalue weighted by atomic mass is 10.1. The number of aryl methyl sites for hydroxylation is 1. The number of carbonyl (C=O) groups excluding carboxylic acids is 1. The van der Waals surface area contributed by atoms with E-state index in [0.717, 1.165) is 17.2 Å². The van der Waals surface area contributed by atoms with Crippen LogP contribution in [0.15, 0.2) is 30.5 Å². The quantitative estimate of drug-likeness (QED) is 0.648. The molecule has 0 aliphatic heterocycles. The number of imidazole rings is 1. The number of hydrogen-bond acceptors (Lipinski definition) is 3. The van der Waals surface area contributed by atoms with Crippen molar-refractivity contribution < 1.29 is 9.90 Å². The molecule has 0 saturated heterocycles. The fourth-order valence-corrected chi connectivity index (χ4v) is 2.16. The summed E-state index contributed by atoms with van der Waals surface area (Å²) in [6.45, 7) is 1.96. The van der Waals surface area contributed by atoms with Crippen molar-refractivity contribution in [2.24, 2.45) is 0 Å². The van der Waals surface area contributed by atoms with Crippen molar-refractivity contribution >= 4 is 22.8 Å². The van der Waals surface area contributed by atoms with Crippen molar-refractivity contribution in [1.29, 1.82) is 0 Å². The van der Waals surface area contributed by atoms with Crippen molar-refractivity contribution in [3.63, 3.8) is 0 Å². The SMILES string of the molecule is Cc1cc2ncc(C=O)n2c2c(O)cccc12. The summed E-state index contributed by atoms with van der Waals surface area (Å²) in [5.74, 6) is 0.150. The lowest BCUT2D eigenvalue weighted by molar-refractivity contribution is 0.111. The van der Waals surface area contributed by atoms with Gasteiger partial charge >= 0.3 is 0 Å². The predicted molar refractivity (Wildman–Crippen MR) is 64.5 cm³/mol. The molecule has 1 aromatic carbocycles. The lowest BCUT2D eigenvalue weighted by Crippen LogP contribution is -1.95. The van der Waals surface area contributed by atoms with Gasteiger partial charge in [-0.05, 0) is 24.6 Å². The van der Waals surface area contributed by atoms with Gasteiger partial charge in [-0.3, -0.25) is 9.20 Å². The Morgan fingerprint density at radius 2 is 2.24 bits per heavy atom. The van der Waals surface area contributed by atoms with Gasteiger partial charge in [0.2, 0.25) is 0 Å². The second-order valence-electron chi connectivity index (χ2n) is 4.00. The Bertz CT molecular complexity index is 744. The highest BCUT2D eigenvalue weighted by Crippen LogP contribution is 2.28. The molecule has 0 aliphatic rings. The molecule has 4 heteroatoms. The van der Waals surface area contributed by atoms with Gasteiger partial charge in [-0.2, -0.15) is 0 Å². The van der Waals surface area contributed by atoms with E-state index in [1.54, 1.807) is 16.5 Å². The van der Waals surface area contributed by atoms with Gasteiger partial charge in [-0.15, -0.1) is 0 Å². The van der Waals surface area contributed by atoms with Crippen LogP contribution in [0.2, 0.25) is 0 Å². The van der Waals surface area contributed by atoms with Crippen molar-refractivity contribution in [3.05, 3.63) is 41.7 Å². The zero-order valence-corrected chi connectivity index (χ0v) is 9.21. The van der Waals surface area contributed by atoms with Crippen LogP contribution in [0.25, 0.3) is 16.6 Å². The number of hydrogen-bond donors (Lipinski definition) is 1. The molecule has 0 radical (unpaired) electrons. The summed E-state index contributed by atoms with van der Waals surface area (Å²) in [6.07, 6.45) is 2.24. The Hall–Kier alpha value is -2.36. The van der Waals surface area contributed by atoms with Crippen molar-refractivity contribution in [1.82, 2.24) is 9.38 Å². The molecule has 0 aliphatic carbocycles. The summed E-state index contributed by atoms with van der Waals surface area (Å²) in [7, 11) is 0. The van der Waals surface area contributed by atoms with Crippen molar-refractivity contribution in [2.45, 2.75) is 6.92 Å². The normalized spacial score (nSPS) is 11.1. The first-order valence-electron chi connectivity index (χ1n) is 5.26. The summed E-state index contributed by atoms with van der Waals surface area (Å²) in [5.41, 5.74) is 2.75. The molecular weight excluding hydrogens is 216 g/mol. The van der Waals surface area contributed by atoms with Crippen LogP contribution < -0.4 is 0 Å². The van der Waals surface area contributed by atoms with E-state index in [4.69, 9.17) is 0 Å². The maximum Gasteiger partial charge on any atom is 0.168 e. The molecule has 84 valence electrons. The topological polar surface area (TPSA) is 54.6 Å². The number of fused-ring (bicyclic) bond motifs is 3. The zero-order chi connectivity index (χ0) is 12.0. The highest BCUT2D eigenvalue weighted by Gasteiger charge is 2.11. The number of para-hydroxylation sites is 1. The maximum atomic E-state index is 11.0. The van der Waals surface area contributed by atoms with Gasteiger partial charge in [-0.1, -0.05) is 12.1 Å². The van der Waals surface area contributed by atoms with Crippen LogP contribution in [0.1, 0.15) is 16.1 Å².